The molecule has 1 heterocycles. The second-order valence-electron chi connectivity index (χ2n) is 5.06. The summed E-state index contributed by atoms with van der Waals surface area (Å²) in [6.45, 7) is 7.57. The van der Waals surface area contributed by atoms with E-state index in [1.165, 1.54) is 10.2 Å². The number of nitrogen functional groups attached to an aromatic ring is 1. The molecule has 0 aliphatic heterocycles. The smallest absolute Gasteiger partial charge is 0.333 e. The maximum atomic E-state index is 11.0. The van der Waals surface area contributed by atoms with E-state index in [0.29, 0.717) is 5.69 Å². The average molecular weight is 274 g/mol. The zero-order chi connectivity index (χ0) is 15.0. The molecule has 20 heavy (non-hydrogen) atoms. The van der Waals surface area contributed by atoms with Gasteiger partial charge in [0.25, 0.3) is 0 Å². The lowest BCUT2D eigenvalue weighted by atomic mass is 10.0. The van der Waals surface area contributed by atoms with Crippen molar-refractivity contribution in [1.82, 2.24) is 9.78 Å². The minimum Gasteiger partial charge on any atom is -0.378 e. The Bertz CT molecular complexity index is 676. The minimum absolute atomic E-state index is 0.0972. The third-order valence-electron chi connectivity index (χ3n) is 3.51. The predicted octanol–water partition coefficient (Wildman–Crippen LogP) is 2.91. The van der Waals surface area contributed by atoms with Gasteiger partial charge < -0.3 is 5.73 Å². The first-order chi connectivity index (χ1) is 9.32. The van der Waals surface area contributed by atoms with Gasteiger partial charge in [0, 0.05) is 0 Å². The molecule has 2 rings (SSSR count). The molecule has 0 spiro atoms. The summed E-state index contributed by atoms with van der Waals surface area (Å²) in [5.74, 6) is 0.0972. The molecule has 6 heteroatoms. The molecule has 1 unspecified atom stereocenters. The summed E-state index contributed by atoms with van der Waals surface area (Å²) < 4.78 is 1.52. The first-order valence-electron chi connectivity index (χ1n) is 6.39. The molecule has 0 saturated heterocycles. The van der Waals surface area contributed by atoms with Gasteiger partial charge in [-0.3, -0.25) is 10.1 Å². The molecule has 2 N–H and O–H groups in total. The van der Waals surface area contributed by atoms with E-state index in [2.05, 4.69) is 11.2 Å². The van der Waals surface area contributed by atoms with Crippen LogP contribution in [0.5, 0.6) is 0 Å². The first-order valence-corrected chi connectivity index (χ1v) is 6.39. The minimum atomic E-state index is -0.483. The standard InChI is InChI=1S/C14H18N4O2/c1-8-5-6-12(9(2)7-8)11(4)17-14(15)13(18(19)20)10(3)16-17/h5-7,11H,15H2,1-4H3. The van der Waals surface area contributed by atoms with Crippen molar-refractivity contribution in [1.29, 1.82) is 0 Å². The molecule has 2 aromatic rings. The SMILES string of the molecule is Cc1ccc(C(C)n2nc(C)c([N+](=O)[O-])c2N)c(C)c1. The molecule has 0 fully saturated rings. The van der Waals surface area contributed by atoms with Crippen molar-refractivity contribution in [3.05, 3.63) is 50.7 Å². The highest BCUT2D eigenvalue weighted by atomic mass is 16.6. The van der Waals surface area contributed by atoms with Gasteiger partial charge >= 0.3 is 5.69 Å². The monoisotopic (exact) mass is 274 g/mol. The van der Waals surface area contributed by atoms with Gasteiger partial charge in [-0.15, -0.1) is 0 Å². The van der Waals surface area contributed by atoms with Gasteiger partial charge in [0.2, 0.25) is 5.82 Å². The fourth-order valence-electron chi connectivity index (χ4n) is 2.50. The lowest BCUT2D eigenvalue weighted by molar-refractivity contribution is -0.384. The Hall–Kier alpha value is -2.37. The number of nitrogens with zero attached hydrogens (tertiary/aromatic N) is 3. The molecule has 0 saturated carbocycles. The Balaban J connectivity index is 2.51. The largest absolute Gasteiger partial charge is 0.378 e. The van der Waals surface area contributed by atoms with Crippen LogP contribution in [0.2, 0.25) is 0 Å². The molecule has 0 aliphatic carbocycles. The lowest BCUT2D eigenvalue weighted by Gasteiger charge is -2.16. The van der Waals surface area contributed by atoms with Crippen molar-refractivity contribution in [2.45, 2.75) is 33.7 Å². The number of nitro groups is 1. The van der Waals surface area contributed by atoms with E-state index in [1.54, 1.807) is 6.92 Å². The molecule has 1 atom stereocenters. The molecule has 1 aromatic heterocycles. The molecule has 0 aliphatic rings. The number of aryl methyl sites for hydroxylation is 3. The maximum absolute atomic E-state index is 11.0. The van der Waals surface area contributed by atoms with Crippen LogP contribution in [-0.2, 0) is 0 Å². The topological polar surface area (TPSA) is 87.0 Å². The van der Waals surface area contributed by atoms with Gasteiger partial charge in [0.1, 0.15) is 5.69 Å². The van der Waals surface area contributed by atoms with Crippen LogP contribution >= 0.6 is 0 Å². The highest BCUT2D eigenvalue weighted by Crippen LogP contribution is 2.31. The van der Waals surface area contributed by atoms with Crippen LogP contribution in [0.1, 0.15) is 35.3 Å². The van der Waals surface area contributed by atoms with Crippen LogP contribution in [0.3, 0.4) is 0 Å². The molecular formula is C14H18N4O2. The van der Waals surface area contributed by atoms with Crippen LogP contribution in [0.4, 0.5) is 11.5 Å². The summed E-state index contributed by atoms with van der Waals surface area (Å²) in [5, 5.41) is 15.2. The maximum Gasteiger partial charge on any atom is 0.333 e. The summed E-state index contributed by atoms with van der Waals surface area (Å²) in [6, 6.07) is 5.95. The van der Waals surface area contributed by atoms with Gasteiger partial charge in [0.05, 0.1) is 11.0 Å². The van der Waals surface area contributed by atoms with E-state index in [9.17, 15) is 10.1 Å². The van der Waals surface area contributed by atoms with Gasteiger partial charge in [-0.1, -0.05) is 23.8 Å². The lowest BCUT2D eigenvalue weighted by Crippen LogP contribution is -2.13. The van der Waals surface area contributed by atoms with Crippen molar-refractivity contribution in [3.8, 4) is 0 Å². The summed E-state index contributed by atoms with van der Waals surface area (Å²) in [5.41, 5.74) is 9.46. The number of anilines is 1. The van der Waals surface area contributed by atoms with E-state index in [-0.39, 0.29) is 17.5 Å². The molecule has 0 bridgehead atoms. The zero-order valence-electron chi connectivity index (χ0n) is 12.0. The molecular weight excluding hydrogens is 256 g/mol. The summed E-state index contributed by atoms with van der Waals surface area (Å²) in [6.07, 6.45) is 0. The van der Waals surface area contributed by atoms with Crippen LogP contribution < -0.4 is 5.73 Å². The second-order valence-corrected chi connectivity index (χ2v) is 5.06. The van der Waals surface area contributed by atoms with E-state index >= 15 is 0 Å². The van der Waals surface area contributed by atoms with Crippen molar-refractivity contribution in [2.24, 2.45) is 0 Å². The van der Waals surface area contributed by atoms with Gasteiger partial charge in [-0.25, -0.2) is 4.68 Å². The fraction of sp³-hybridized carbons (Fsp3) is 0.357. The number of benzene rings is 1. The summed E-state index contributed by atoms with van der Waals surface area (Å²) in [4.78, 5) is 10.5. The van der Waals surface area contributed by atoms with Crippen LogP contribution in [0.25, 0.3) is 0 Å². The second kappa shape index (κ2) is 4.96. The number of rotatable bonds is 3. The third kappa shape index (κ3) is 2.24. The van der Waals surface area contributed by atoms with E-state index in [4.69, 9.17) is 5.73 Å². The Labute approximate surface area is 117 Å². The first kappa shape index (κ1) is 14.0. The zero-order valence-corrected chi connectivity index (χ0v) is 12.0. The van der Waals surface area contributed by atoms with Crippen molar-refractivity contribution >= 4 is 11.5 Å². The van der Waals surface area contributed by atoms with Gasteiger partial charge in [-0.2, -0.15) is 5.10 Å². The summed E-state index contributed by atoms with van der Waals surface area (Å²) >= 11 is 0. The highest BCUT2D eigenvalue weighted by Gasteiger charge is 2.26. The van der Waals surface area contributed by atoms with Crippen LogP contribution in [0, 0.1) is 30.9 Å². The number of hydrogen-bond donors (Lipinski definition) is 1. The third-order valence-corrected chi connectivity index (χ3v) is 3.51. The summed E-state index contributed by atoms with van der Waals surface area (Å²) in [7, 11) is 0. The fourth-order valence-corrected chi connectivity index (χ4v) is 2.50. The quantitative estimate of drug-likeness (QED) is 0.688. The van der Waals surface area contributed by atoms with E-state index in [1.807, 2.05) is 32.9 Å². The predicted molar refractivity (Wildman–Crippen MR) is 77.8 cm³/mol. The molecule has 0 amide bonds. The molecule has 1 aromatic carbocycles. The molecule has 6 nitrogen and oxygen atoms in total. The Morgan fingerprint density at radius 3 is 2.50 bits per heavy atom. The van der Waals surface area contributed by atoms with E-state index in [0.717, 1.165) is 11.1 Å². The molecule has 0 radical (unpaired) electrons. The molecule has 106 valence electrons. The van der Waals surface area contributed by atoms with Crippen molar-refractivity contribution < 1.29 is 4.92 Å². The van der Waals surface area contributed by atoms with Crippen molar-refractivity contribution in [3.63, 3.8) is 0 Å². The Morgan fingerprint density at radius 2 is 2.00 bits per heavy atom. The average Bonchev–Trinajstić information content (AvgIpc) is 2.64. The number of nitrogens with two attached hydrogens (primary N) is 1. The van der Waals surface area contributed by atoms with E-state index < -0.39 is 4.92 Å². The van der Waals surface area contributed by atoms with Gasteiger partial charge in [-0.05, 0) is 38.8 Å². The van der Waals surface area contributed by atoms with Crippen molar-refractivity contribution in [2.75, 3.05) is 5.73 Å². The number of aromatic nitrogens is 2. The highest BCUT2D eigenvalue weighted by molar-refractivity contribution is 5.56. The normalized spacial score (nSPS) is 12.4. The van der Waals surface area contributed by atoms with Crippen LogP contribution in [0.15, 0.2) is 18.2 Å². The Morgan fingerprint density at radius 1 is 1.35 bits per heavy atom. The van der Waals surface area contributed by atoms with Crippen LogP contribution in [-0.4, -0.2) is 14.7 Å². The number of hydrogen-bond acceptors (Lipinski definition) is 4. The Kier molecular flexibility index (Phi) is 3.48. The van der Waals surface area contributed by atoms with Gasteiger partial charge in [0.15, 0.2) is 0 Å².